The van der Waals surface area contributed by atoms with Crippen LogP contribution in [0.3, 0.4) is 0 Å². The van der Waals surface area contributed by atoms with E-state index >= 15 is 0 Å². The quantitative estimate of drug-likeness (QED) is 0.893. The maximum absolute atomic E-state index is 13.1. The van der Waals surface area contributed by atoms with E-state index in [0.717, 1.165) is 0 Å². The highest BCUT2D eigenvalue weighted by Crippen LogP contribution is 2.22. The predicted octanol–water partition coefficient (Wildman–Crippen LogP) is 0.870. The number of hydrogen-bond acceptors (Lipinski definition) is 3. The lowest BCUT2D eigenvalue weighted by Crippen LogP contribution is -2.37. The first kappa shape index (κ1) is 14.0. The number of nitrogens with zero attached hydrogens (tertiary/aromatic N) is 1. The zero-order valence-electron chi connectivity index (χ0n) is 10.5. The summed E-state index contributed by atoms with van der Waals surface area (Å²) in [6.07, 6.45) is 0.0930. The van der Waals surface area contributed by atoms with E-state index < -0.39 is 21.9 Å². The highest BCUT2D eigenvalue weighted by Gasteiger charge is 2.32. The number of nitrogens with one attached hydrogen (secondary N) is 1. The Morgan fingerprint density at radius 2 is 2.21 bits per heavy atom. The van der Waals surface area contributed by atoms with Crippen LogP contribution in [-0.4, -0.2) is 32.7 Å². The van der Waals surface area contributed by atoms with Crippen LogP contribution in [0, 0.1) is 5.82 Å². The van der Waals surface area contributed by atoms with Gasteiger partial charge >= 0.3 is 0 Å². The fraction of sp³-hybridized carbons (Fsp3) is 0.417. The Morgan fingerprint density at radius 3 is 2.84 bits per heavy atom. The summed E-state index contributed by atoms with van der Waals surface area (Å²) < 4.78 is 38.5. The summed E-state index contributed by atoms with van der Waals surface area (Å²) in [6, 6.07) is 5.23. The Labute approximate surface area is 111 Å². The average molecular weight is 286 g/mol. The fourth-order valence-corrected chi connectivity index (χ4v) is 2.85. The van der Waals surface area contributed by atoms with E-state index in [1.807, 2.05) is 0 Å². The molecule has 0 aliphatic carbocycles. The molecule has 0 aromatic heterocycles. The van der Waals surface area contributed by atoms with Crippen molar-refractivity contribution in [3.63, 3.8) is 0 Å². The SMILES string of the molecule is CCS(=O)(=O)N[C@H]1CC(=O)N(c2cccc(F)c2)C1. The largest absolute Gasteiger partial charge is 0.311 e. The van der Waals surface area contributed by atoms with Gasteiger partial charge in [0.05, 0.1) is 5.75 Å². The summed E-state index contributed by atoms with van der Waals surface area (Å²) in [4.78, 5) is 13.2. The van der Waals surface area contributed by atoms with Gasteiger partial charge in [-0.3, -0.25) is 4.79 Å². The minimum atomic E-state index is -3.34. The monoisotopic (exact) mass is 286 g/mol. The van der Waals surface area contributed by atoms with Crippen molar-refractivity contribution in [2.24, 2.45) is 0 Å². The van der Waals surface area contributed by atoms with Crippen molar-refractivity contribution >= 4 is 21.6 Å². The third kappa shape index (κ3) is 3.30. The number of carbonyl (C=O) groups is 1. The van der Waals surface area contributed by atoms with Crippen LogP contribution < -0.4 is 9.62 Å². The maximum atomic E-state index is 13.1. The molecule has 1 aromatic carbocycles. The van der Waals surface area contributed by atoms with Crippen LogP contribution in [0.4, 0.5) is 10.1 Å². The van der Waals surface area contributed by atoms with E-state index in [2.05, 4.69) is 4.72 Å². The summed E-state index contributed by atoms with van der Waals surface area (Å²) in [5, 5.41) is 0. The van der Waals surface area contributed by atoms with E-state index in [-0.39, 0.29) is 24.6 Å². The van der Waals surface area contributed by atoms with E-state index in [0.29, 0.717) is 5.69 Å². The van der Waals surface area contributed by atoms with Crippen molar-refractivity contribution in [1.82, 2.24) is 4.72 Å². The van der Waals surface area contributed by atoms with E-state index in [9.17, 15) is 17.6 Å². The standard InChI is InChI=1S/C12H15FN2O3S/c1-2-19(17,18)14-10-7-12(16)15(8-10)11-5-3-4-9(13)6-11/h3-6,10,14H,2,7-8H2,1H3/t10-/m0/s1. The van der Waals surface area contributed by atoms with Crippen LogP contribution in [0.25, 0.3) is 0 Å². The first-order valence-electron chi connectivity index (χ1n) is 5.97. The van der Waals surface area contributed by atoms with Crippen molar-refractivity contribution in [2.45, 2.75) is 19.4 Å². The van der Waals surface area contributed by atoms with E-state index in [1.165, 1.54) is 30.0 Å². The summed E-state index contributed by atoms with van der Waals surface area (Å²) in [5.41, 5.74) is 0.447. The maximum Gasteiger partial charge on any atom is 0.228 e. The molecule has 5 nitrogen and oxygen atoms in total. The van der Waals surface area contributed by atoms with Crippen molar-refractivity contribution in [2.75, 3.05) is 17.2 Å². The average Bonchev–Trinajstić information content (AvgIpc) is 2.69. The lowest BCUT2D eigenvalue weighted by Gasteiger charge is -2.17. The molecular weight excluding hydrogens is 271 g/mol. The van der Waals surface area contributed by atoms with Crippen molar-refractivity contribution < 1.29 is 17.6 Å². The summed E-state index contributed by atoms with van der Waals surface area (Å²) >= 11 is 0. The van der Waals surface area contributed by atoms with Gasteiger partial charge in [-0.2, -0.15) is 0 Å². The van der Waals surface area contributed by atoms with E-state index in [1.54, 1.807) is 6.07 Å². The van der Waals surface area contributed by atoms with Crippen molar-refractivity contribution in [3.05, 3.63) is 30.1 Å². The summed E-state index contributed by atoms with van der Waals surface area (Å²) in [6.45, 7) is 1.75. The molecule has 104 valence electrons. The third-order valence-corrected chi connectivity index (χ3v) is 4.42. The van der Waals surface area contributed by atoms with Crippen molar-refractivity contribution in [1.29, 1.82) is 0 Å². The fourth-order valence-electron chi connectivity index (χ4n) is 2.02. The lowest BCUT2D eigenvalue weighted by molar-refractivity contribution is -0.117. The molecule has 0 radical (unpaired) electrons. The summed E-state index contributed by atoms with van der Waals surface area (Å²) in [5.74, 6) is -0.671. The second-order valence-electron chi connectivity index (χ2n) is 4.41. The molecule has 1 saturated heterocycles. The molecule has 7 heteroatoms. The van der Waals surface area contributed by atoms with Gasteiger partial charge in [-0.15, -0.1) is 0 Å². The molecule has 0 saturated carbocycles. The van der Waals surface area contributed by atoms with Gasteiger partial charge in [0, 0.05) is 24.7 Å². The third-order valence-electron chi connectivity index (χ3n) is 2.97. The molecule has 1 aliphatic rings. The van der Waals surface area contributed by atoms with Crippen LogP contribution in [0.1, 0.15) is 13.3 Å². The molecule has 1 aromatic rings. The van der Waals surface area contributed by atoms with Crippen molar-refractivity contribution in [3.8, 4) is 0 Å². The van der Waals surface area contributed by atoms with Crippen LogP contribution in [-0.2, 0) is 14.8 Å². The minimum Gasteiger partial charge on any atom is -0.311 e. The Bertz CT molecular complexity index is 588. The number of carbonyl (C=O) groups excluding carboxylic acids is 1. The molecule has 1 amide bonds. The number of benzene rings is 1. The number of rotatable bonds is 4. The normalized spacial score (nSPS) is 20.0. The number of hydrogen-bond donors (Lipinski definition) is 1. The zero-order valence-corrected chi connectivity index (χ0v) is 11.3. The van der Waals surface area contributed by atoms with Gasteiger partial charge in [-0.05, 0) is 25.1 Å². The summed E-state index contributed by atoms with van der Waals surface area (Å²) in [7, 11) is -3.34. The van der Waals surface area contributed by atoms with Crippen LogP contribution >= 0.6 is 0 Å². The Morgan fingerprint density at radius 1 is 1.47 bits per heavy atom. The highest BCUT2D eigenvalue weighted by atomic mass is 32.2. The molecule has 1 atom stereocenters. The number of sulfonamides is 1. The minimum absolute atomic E-state index is 0.0301. The Hall–Kier alpha value is -1.47. The molecule has 0 spiro atoms. The topological polar surface area (TPSA) is 66.5 Å². The van der Waals surface area contributed by atoms with Gasteiger partial charge in [0.2, 0.25) is 15.9 Å². The smallest absolute Gasteiger partial charge is 0.228 e. The second kappa shape index (κ2) is 5.26. The molecule has 1 N–H and O–H groups in total. The van der Waals surface area contributed by atoms with Gasteiger partial charge < -0.3 is 4.90 Å². The van der Waals surface area contributed by atoms with Gasteiger partial charge in [-0.1, -0.05) is 6.07 Å². The first-order valence-corrected chi connectivity index (χ1v) is 7.62. The number of amides is 1. The first-order chi connectivity index (χ1) is 8.91. The molecular formula is C12H15FN2O3S. The predicted molar refractivity (Wildman–Crippen MR) is 69.8 cm³/mol. The van der Waals surface area contributed by atoms with E-state index in [4.69, 9.17) is 0 Å². The molecule has 19 heavy (non-hydrogen) atoms. The molecule has 1 fully saturated rings. The molecule has 0 bridgehead atoms. The van der Waals surface area contributed by atoms with Gasteiger partial charge in [0.15, 0.2) is 0 Å². The number of anilines is 1. The van der Waals surface area contributed by atoms with Crippen LogP contribution in [0.2, 0.25) is 0 Å². The second-order valence-corrected chi connectivity index (χ2v) is 6.45. The Balaban J connectivity index is 2.12. The molecule has 2 rings (SSSR count). The van der Waals surface area contributed by atoms with Crippen LogP contribution in [0.5, 0.6) is 0 Å². The Kier molecular flexibility index (Phi) is 3.86. The van der Waals surface area contributed by atoms with Crippen LogP contribution in [0.15, 0.2) is 24.3 Å². The highest BCUT2D eigenvalue weighted by molar-refractivity contribution is 7.89. The van der Waals surface area contributed by atoms with Gasteiger partial charge in [-0.25, -0.2) is 17.5 Å². The zero-order chi connectivity index (χ0) is 14.0. The van der Waals surface area contributed by atoms with Gasteiger partial charge in [0.1, 0.15) is 5.82 Å². The van der Waals surface area contributed by atoms with Gasteiger partial charge in [0.25, 0.3) is 0 Å². The lowest BCUT2D eigenvalue weighted by atomic mass is 10.3. The molecule has 1 heterocycles. The molecule has 0 unspecified atom stereocenters. The molecule has 1 aliphatic heterocycles. The number of halogens is 1.